The molecular weight excluding hydrogens is 108 g/mol. The molecule has 2 fully saturated rings. The molecule has 0 aromatic rings. The highest BCUT2D eigenvalue weighted by molar-refractivity contribution is 5.00. The van der Waals surface area contributed by atoms with Crippen molar-refractivity contribution in [2.24, 2.45) is 11.3 Å². The second kappa shape index (κ2) is 1.74. The van der Waals surface area contributed by atoms with E-state index in [2.05, 4.69) is 6.92 Å². The Balaban J connectivity index is 1.97. The van der Waals surface area contributed by atoms with Crippen molar-refractivity contribution in [2.75, 3.05) is 0 Å². The Bertz CT molecular complexity index is 109. The van der Waals surface area contributed by atoms with Crippen molar-refractivity contribution in [3.63, 3.8) is 0 Å². The summed E-state index contributed by atoms with van der Waals surface area (Å²) < 4.78 is 0. The van der Waals surface area contributed by atoms with Gasteiger partial charge in [-0.2, -0.15) is 0 Å². The van der Waals surface area contributed by atoms with E-state index in [0.29, 0.717) is 0 Å². The first-order chi connectivity index (χ1) is 4.33. The summed E-state index contributed by atoms with van der Waals surface area (Å²) in [7, 11) is 0. The third kappa shape index (κ3) is 0.798. The Hall–Kier alpha value is 0. The van der Waals surface area contributed by atoms with Crippen molar-refractivity contribution >= 4 is 0 Å². The Morgan fingerprint density at radius 2 is 1.67 bits per heavy atom. The normalized spacial score (nSPS) is 39.0. The zero-order valence-electron chi connectivity index (χ0n) is 6.32. The smallest absolute Gasteiger partial charge is 0.0269 e. The lowest BCUT2D eigenvalue weighted by molar-refractivity contribution is 0.313. The summed E-state index contributed by atoms with van der Waals surface area (Å²) in [5.41, 5.74) is 0.887. The predicted molar refractivity (Wildman–Crippen MR) is 39.3 cm³/mol. The zero-order valence-corrected chi connectivity index (χ0v) is 6.32. The van der Waals surface area contributed by atoms with E-state index in [9.17, 15) is 0 Å². The predicted octanol–water partition coefficient (Wildman–Crippen LogP) is 2.98. The van der Waals surface area contributed by atoms with Gasteiger partial charge in [-0.05, 0) is 30.6 Å². The maximum absolute atomic E-state index is 2.42. The topological polar surface area (TPSA) is 0 Å². The number of hydrogen-bond acceptors (Lipinski definition) is 0. The molecule has 0 saturated heterocycles. The van der Waals surface area contributed by atoms with Crippen LogP contribution in [0.4, 0.5) is 0 Å². The lowest BCUT2D eigenvalue weighted by Crippen LogP contribution is -2.07. The van der Waals surface area contributed by atoms with Crippen molar-refractivity contribution in [2.45, 2.75) is 45.4 Å². The molecule has 2 saturated carbocycles. The van der Waals surface area contributed by atoms with Crippen LogP contribution in [0.2, 0.25) is 0 Å². The summed E-state index contributed by atoms with van der Waals surface area (Å²) >= 11 is 0. The van der Waals surface area contributed by atoms with Crippen LogP contribution in [0.5, 0.6) is 0 Å². The van der Waals surface area contributed by atoms with Gasteiger partial charge < -0.3 is 0 Å². The minimum absolute atomic E-state index is 0.887. The highest BCUT2D eigenvalue weighted by atomic mass is 14.5. The van der Waals surface area contributed by atoms with Crippen molar-refractivity contribution in [3.05, 3.63) is 0 Å². The molecule has 0 aliphatic heterocycles. The van der Waals surface area contributed by atoms with Gasteiger partial charge in [-0.25, -0.2) is 0 Å². The molecule has 0 aromatic carbocycles. The van der Waals surface area contributed by atoms with Crippen LogP contribution in [-0.4, -0.2) is 0 Å². The first-order valence-electron chi connectivity index (χ1n) is 4.33. The minimum Gasteiger partial charge on any atom is -0.0620 e. The molecule has 9 heavy (non-hydrogen) atoms. The van der Waals surface area contributed by atoms with Crippen LogP contribution < -0.4 is 0 Å². The fraction of sp³-hybridized carbons (Fsp3) is 1.00. The summed E-state index contributed by atoms with van der Waals surface area (Å²) in [6, 6.07) is 0. The van der Waals surface area contributed by atoms with Crippen LogP contribution in [0.1, 0.15) is 45.4 Å². The zero-order chi connectivity index (χ0) is 6.32. The van der Waals surface area contributed by atoms with Gasteiger partial charge in [-0.3, -0.25) is 0 Å². The molecule has 0 heterocycles. The van der Waals surface area contributed by atoms with Gasteiger partial charge in [0.15, 0.2) is 0 Å². The van der Waals surface area contributed by atoms with E-state index in [-0.39, 0.29) is 0 Å². The molecule has 0 amide bonds. The summed E-state index contributed by atoms with van der Waals surface area (Å²) in [5.74, 6) is 1.08. The standard InChI is InChI=1S/C9H16/c1-8-7-9(8)5-3-2-4-6-9/h8H,2-7H2,1H3. The monoisotopic (exact) mass is 124 g/mol. The Morgan fingerprint density at radius 3 is 2.00 bits per heavy atom. The van der Waals surface area contributed by atoms with Gasteiger partial charge in [-0.1, -0.05) is 26.2 Å². The third-order valence-electron chi connectivity index (χ3n) is 3.45. The Morgan fingerprint density at radius 1 is 1.11 bits per heavy atom. The van der Waals surface area contributed by atoms with Crippen LogP contribution >= 0.6 is 0 Å². The van der Waals surface area contributed by atoms with E-state index in [4.69, 9.17) is 0 Å². The summed E-state index contributed by atoms with van der Waals surface area (Å²) in [4.78, 5) is 0. The molecule has 0 bridgehead atoms. The van der Waals surface area contributed by atoms with Gasteiger partial charge in [0.1, 0.15) is 0 Å². The SMILES string of the molecule is CC1CC12CCCCC2. The third-order valence-corrected chi connectivity index (χ3v) is 3.45. The molecule has 1 atom stereocenters. The van der Waals surface area contributed by atoms with E-state index in [1.807, 2.05) is 0 Å². The summed E-state index contributed by atoms with van der Waals surface area (Å²) in [6.45, 7) is 2.42. The fourth-order valence-corrected chi connectivity index (χ4v) is 2.50. The first kappa shape index (κ1) is 5.76. The van der Waals surface area contributed by atoms with Gasteiger partial charge in [0.05, 0.1) is 0 Å². The van der Waals surface area contributed by atoms with Crippen LogP contribution in [0, 0.1) is 11.3 Å². The van der Waals surface area contributed by atoms with Crippen molar-refractivity contribution in [1.82, 2.24) is 0 Å². The highest BCUT2D eigenvalue weighted by Gasteiger charge is 2.50. The van der Waals surface area contributed by atoms with E-state index in [1.165, 1.54) is 19.3 Å². The average molecular weight is 124 g/mol. The van der Waals surface area contributed by atoms with E-state index in [0.717, 1.165) is 11.3 Å². The summed E-state index contributed by atoms with van der Waals surface area (Å²) in [5, 5.41) is 0. The van der Waals surface area contributed by atoms with Crippen LogP contribution in [0.15, 0.2) is 0 Å². The molecular formula is C9H16. The largest absolute Gasteiger partial charge is 0.0620 e. The molecule has 1 unspecified atom stereocenters. The maximum atomic E-state index is 2.42. The molecule has 0 radical (unpaired) electrons. The molecule has 2 aliphatic rings. The van der Waals surface area contributed by atoms with E-state index >= 15 is 0 Å². The van der Waals surface area contributed by atoms with Gasteiger partial charge in [0.2, 0.25) is 0 Å². The fourth-order valence-electron chi connectivity index (χ4n) is 2.50. The Kier molecular flexibility index (Phi) is 1.12. The molecule has 0 heteroatoms. The lowest BCUT2D eigenvalue weighted by Gasteiger charge is -2.21. The van der Waals surface area contributed by atoms with Crippen molar-refractivity contribution in [1.29, 1.82) is 0 Å². The van der Waals surface area contributed by atoms with Gasteiger partial charge in [0.25, 0.3) is 0 Å². The molecule has 0 N–H and O–H groups in total. The number of hydrogen-bond donors (Lipinski definition) is 0. The van der Waals surface area contributed by atoms with Crippen LogP contribution in [0.3, 0.4) is 0 Å². The highest BCUT2D eigenvalue weighted by Crippen LogP contribution is 2.60. The van der Waals surface area contributed by atoms with Crippen LogP contribution in [-0.2, 0) is 0 Å². The van der Waals surface area contributed by atoms with Crippen molar-refractivity contribution in [3.8, 4) is 0 Å². The summed E-state index contributed by atoms with van der Waals surface area (Å²) in [6.07, 6.45) is 9.19. The Labute approximate surface area is 57.6 Å². The number of rotatable bonds is 0. The van der Waals surface area contributed by atoms with E-state index < -0.39 is 0 Å². The molecule has 52 valence electrons. The minimum atomic E-state index is 0.887. The molecule has 1 spiro atoms. The van der Waals surface area contributed by atoms with Gasteiger partial charge in [0, 0.05) is 0 Å². The van der Waals surface area contributed by atoms with Gasteiger partial charge >= 0.3 is 0 Å². The average Bonchev–Trinajstić information content (AvgIpc) is 2.44. The molecule has 0 nitrogen and oxygen atoms in total. The van der Waals surface area contributed by atoms with Crippen LogP contribution in [0.25, 0.3) is 0 Å². The maximum Gasteiger partial charge on any atom is -0.0269 e. The van der Waals surface area contributed by atoms with Gasteiger partial charge in [-0.15, -0.1) is 0 Å². The van der Waals surface area contributed by atoms with Crippen molar-refractivity contribution < 1.29 is 0 Å². The molecule has 2 rings (SSSR count). The first-order valence-corrected chi connectivity index (χ1v) is 4.33. The van der Waals surface area contributed by atoms with E-state index in [1.54, 1.807) is 19.3 Å². The lowest BCUT2D eigenvalue weighted by atomic mass is 9.85. The molecule has 0 aromatic heterocycles. The molecule has 2 aliphatic carbocycles. The second-order valence-corrected chi connectivity index (χ2v) is 4.03. The quantitative estimate of drug-likeness (QED) is 0.465. The second-order valence-electron chi connectivity index (χ2n) is 4.03.